The van der Waals surface area contributed by atoms with Gasteiger partial charge in [0.25, 0.3) is 5.91 Å². The number of amides is 2. The third-order valence-electron chi connectivity index (χ3n) is 3.73. The minimum atomic E-state index is -0.269. The molecule has 1 aromatic heterocycles. The largest absolute Gasteiger partial charge is 0.326 e. The minimum absolute atomic E-state index is 0.0912. The third-order valence-corrected chi connectivity index (χ3v) is 4.73. The summed E-state index contributed by atoms with van der Waals surface area (Å²) in [7, 11) is 0. The van der Waals surface area contributed by atoms with Crippen molar-refractivity contribution in [2.24, 2.45) is 0 Å². The molecule has 0 aliphatic heterocycles. The highest BCUT2D eigenvalue weighted by molar-refractivity contribution is 7.15. The molecule has 2 N–H and O–H groups in total. The number of carbonyl (C=O) groups is 2. The van der Waals surface area contributed by atoms with Crippen molar-refractivity contribution in [3.63, 3.8) is 0 Å². The van der Waals surface area contributed by atoms with Gasteiger partial charge in [-0.3, -0.25) is 14.9 Å². The van der Waals surface area contributed by atoms with Gasteiger partial charge in [0.2, 0.25) is 11.0 Å². The fraction of sp³-hybridized carbons (Fsp3) is 0.412. The third kappa shape index (κ3) is 4.61. The molecule has 0 radical (unpaired) electrons. The number of aromatic nitrogens is 2. The summed E-state index contributed by atoms with van der Waals surface area (Å²) in [6.45, 7) is 6.01. The molecule has 2 aromatic rings. The predicted molar refractivity (Wildman–Crippen MR) is 96.5 cm³/mol. The van der Waals surface area contributed by atoms with Crippen LogP contribution in [0.1, 0.15) is 61.3 Å². The van der Waals surface area contributed by atoms with Gasteiger partial charge in [0.05, 0.1) is 0 Å². The zero-order chi connectivity index (χ0) is 17.5. The molecular weight excluding hydrogens is 324 g/mol. The van der Waals surface area contributed by atoms with E-state index in [0.29, 0.717) is 28.7 Å². The number of nitrogens with zero attached hydrogens (tertiary/aromatic N) is 2. The molecule has 128 valence electrons. The topological polar surface area (TPSA) is 84.0 Å². The Morgan fingerprint density at radius 2 is 1.88 bits per heavy atom. The second-order valence-corrected chi connectivity index (χ2v) is 6.40. The van der Waals surface area contributed by atoms with Crippen molar-refractivity contribution in [1.29, 1.82) is 0 Å². The summed E-state index contributed by atoms with van der Waals surface area (Å²) >= 11 is 1.41. The van der Waals surface area contributed by atoms with Gasteiger partial charge < -0.3 is 5.32 Å². The van der Waals surface area contributed by atoms with Crippen LogP contribution in [0.5, 0.6) is 0 Å². The van der Waals surface area contributed by atoms with Crippen LogP contribution >= 0.6 is 11.3 Å². The van der Waals surface area contributed by atoms with Crippen molar-refractivity contribution in [1.82, 2.24) is 10.2 Å². The van der Waals surface area contributed by atoms with Crippen LogP contribution in [0.25, 0.3) is 0 Å². The van der Waals surface area contributed by atoms with E-state index in [0.717, 1.165) is 17.8 Å². The first-order chi connectivity index (χ1) is 11.6. The smallest absolute Gasteiger partial charge is 0.257 e. The average molecular weight is 346 g/mol. The maximum Gasteiger partial charge on any atom is 0.257 e. The van der Waals surface area contributed by atoms with Gasteiger partial charge in [0, 0.05) is 23.6 Å². The zero-order valence-corrected chi connectivity index (χ0v) is 14.9. The molecule has 0 unspecified atom stereocenters. The SMILES string of the molecule is CCC(=O)Nc1cccc(C(=O)Nc2nnc(C(CC)CC)s2)c1. The Balaban J connectivity index is 2.07. The first-order valence-electron chi connectivity index (χ1n) is 8.12. The van der Waals surface area contributed by atoms with Gasteiger partial charge in [0.1, 0.15) is 5.01 Å². The van der Waals surface area contributed by atoms with Crippen LogP contribution in [-0.4, -0.2) is 22.0 Å². The molecule has 1 heterocycles. The highest BCUT2D eigenvalue weighted by Crippen LogP contribution is 2.28. The average Bonchev–Trinajstić information content (AvgIpc) is 3.04. The number of anilines is 2. The van der Waals surface area contributed by atoms with Gasteiger partial charge in [-0.25, -0.2) is 0 Å². The standard InChI is InChI=1S/C17H22N4O2S/c1-4-11(5-2)16-20-21-17(24-16)19-15(23)12-8-7-9-13(10-12)18-14(22)6-3/h7-11H,4-6H2,1-3H3,(H,18,22)(H,19,21,23). The molecule has 2 rings (SSSR count). The Hall–Kier alpha value is -2.28. The zero-order valence-electron chi connectivity index (χ0n) is 14.1. The Bertz CT molecular complexity index is 710. The lowest BCUT2D eigenvalue weighted by molar-refractivity contribution is -0.115. The molecule has 7 heteroatoms. The van der Waals surface area contributed by atoms with Crippen LogP contribution in [0.15, 0.2) is 24.3 Å². The molecule has 0 spiro atoms. The summed E-state index contributed by atoms with van der Waals surface area (Å²) in [4.78, 5) is 23.8. The first kappa shape index (κ1) is 18.1. The van der Waals surface area contributed by atoms with E-state index in [1.165, 1.54) is 11.3 Å². The maximum atomic E-state index is 12.4. The number of rotatable bonds is 7. The lowest BCUT2D eigenvalue weighted by atomic mass is 10.1. The molecule has 24 heavy (non-hydrogen) atoms. The highest BCUT2D eigenvalue weighted by Gasteiger charge is 2.15. The van der Waals surface area contributed by atoms with Crippen LogP contribution in [0, 0.1) is 0 Å². The quantitative estimate of drug-likeness (QED) is 0.792. The van der Waals surface area contributed by atoms with Crippen molar-refractivity contribution in [2.75, 3.05) is 10.6 Å². The number of hydrogen-bond acceptors (Lipinski definition) is 5. The Labute approximate surface area is 145 Å². The van der Waals surface area contributed by atoms with E-state index in [-0.39, 0.29) is 11.8 Å². The summed E-state index contributed by atoms with van der Waals surface area (Å²) in [6, 6.07) is 6.82. The monoisotopic (exact) mass is 346 g/mol. The fourth-order valence-electron chi connectivity index (χ4n) is 2.24. The molecule has 0 fully saturated rings. The molecule has 0 bridgehead atoms. The molecule has 6 nitrogen and oxygen atoms in total. The lowest BCUT2D eigenvalue weighted by Gasteiger charge is -2.07. The van der Waals surface area contributed by atoms with Crippen molar-refractivity contribution >= 4 is 34.0 Å². The molecule has 0 atom stereocenters. The summed E-state index contributed by atoms with van der Waals surface area (Å²) < 4.78 is 0. The molecule has 1 aromatic carbocycles. The molecular formula is C17H22N4O2S. The molecule has 0 saturated heterocycles. The Kier molecular flexibility index (Phi) is 6.43. The van der Waals surface area contributed by atoms with Gasteiger partial charge >= 0.3 is 0 Å². The van der Waals surface area contributed by atoms with Crippen LogP contribution in [0.4, 0.5) is 10.8 Å². The van der Waals surface area contributed by atoms with Crippen molar-refractivity contribution in [3.05, 3.63) is 34.8 Å². The van der Waals surface area contributed by atoms with Crippen LogP contribution in [-0.2, 0) is 4.79 Å². The summed E-state index contributed by atoms with van der Waals surface area (Å²) in [5, 5.41) is 15.2. The maximum absolute atomic E-state index is 12.4. The predicted octanol–water partition coefficient (Wildman–Crippen LogP) is 4.04. The fourth-order valence-corrected chi connectivity index (χ4v) is 3.25. The normalized spacial score (nSPS) is 10.7. The van der Waals surface area contributed by atoms with E-state index in [9.17, 15) is 9.59 Å². The van der Waals surface area contributed by atoms with E-state index >= 15 is 0 Å². The van der Waals surface area contributed by atoms with Crippen LogP contribution < -0.4 is 10.6 Å². The molecule has 0 aliphatic carbocycles. The first-order valence-corrected chi connectivity index (χ1v) is 8.93. The van der Waals surface area contributed by atoms with Gasteiger partial charge in [0.15, 0.2) is 0 Å². The van der Waals surface area contributed by atoms with E-state index in [1.807, 2.05) is 0 Å². The van der Waals surface area contributed by atoms with E-state index < -0.39 is 0 Å². The number of hydrogen-bond donors (Lipinski definition) is 2. The van der Waals surface area contributed by atoms with E-state index in [4.69, 9.17) is 0 Å². The van der Waals surface area contributed by atoms with Crippen LogP contribution in [0.3, 0.4) is 0 Å². The highest BCUT2D eigenvalue weighted by atomic mass is 32.1. The van der Waals surface area contributed by atoms with E-state index in [1.54, 1.807) is 31.2 Å². The second kappa shape index (κ2) is 8.54. The van der Waals surface area contributed by atoms with Crippen molar-refractivity contribution in [2.45, 2.75) is 46.0 Å². The molecule has 2 amide bonds. The minimum Gasteiger partial charge on any atom is -0.326 e. The van der Waals surface area contributed by atoms with Crippen LogP contribution in [0.2, 0.25) is 0 Å². The number of nitrogens with one attached hydrogen (secondary N) is 2. The summed E-state index contributed by atoms with van der Waals surface area (Å²) in [6.07, 6.45) is 2.39. The summed E-state index contributed by atoms with van der Waals surface area (Å²) in [5.74, 6) is 0.0158. The molecule has 0 saturated carbocycles. The van der Waals surface area contributed by atoms with Gasteiger partial charge in [-0.15, -0.1) is 10.2 Å². The van der Waals surface area contributed by atoms with E-state index in [2.05, 4.69) is 34.7 Å². The van der Waals surface area contributed by atoms with Gasteiger partial charge in [-0.05, 0) is 31.0 Å². The lowest BCUT2D eigenvalue weighted by Crippen LogP contribution is -2.13. The Morgan fingerprint density at radius 3 is 2.54 bits per heavy atom. The van der Waals surface area contributed by atoms with Crippen molar-refractivity contribution in [3.8, 4) is 0 Å². The van der Waals surface area contributed by atoms with Gasteiger partial charge in [-0.1, -0.05) is 38.2 Å². The second-order valence-electron chi connectivity index (χ2n) is 5.40. The Morgan fingerprint density at radius 1 is 1.12 bits per heavy atom. The number of benzene rings is 1. The van der Waals surface area contributed by atoms with Gasteiger partial charge in [-0.2, -0.15) is 0 Å². The van der Waals surface area contributed by atoms with Crippen molar-refractivity contribution < 1.29 is 9.59 Å². The number of carbonyl (C=O) groups excluding carboxylic acids is 2. The summed E-state index contributed by atoms with van der Waals surface area (Å²) in [5.41, 5.74) is 1.06. The molecule has 0 aliphatic rings.